The molecule has 4 heterocycles. The molecule has 3 unspecified atom stereocenters. The van der Waals surface area contributed by atoms with Crippen LogP contribution in [0.3, 0.4) is 0 Å². The number of likely N-dealkylation sites (tertiary alicyclic amines) is 1. The zero-order valence-corrected chi connectivity index (χ0v) is 25.5. The van der Waals surface area contributed by atoms with E-state index in [1.54, 1.807) is 7.11 Å². The Morgan fingerprint density at radius 3 is 2.67 bits per heavy atom. The maximum Gasteiger partial charge on any atom is 0.254 e. The van der Waals surface area contributed by atoms with Gasteiger partial charge in [-0.2, -0.15) is 0 Å². The number of nitrogens with zero attached hydrogens (tertiary/aromatic N) is 4. The fourth-order valence-electron chi connectivity index (χ4n) is 8.95. The van der Waals surface area contributed by atoms with Crippen molar-refractivity contribution >= 4 is 33.8 Å². The Bertz CT molecular complexity index is 2120. The van der Waals surface area contributed by atoms with Gasteiger partial charge in [0.25, 0.3) is 11.8 Å². The second-order valence-electron chi connectivity index (χ2n) is 14.0. The Morgan fingerprint density at radius 2 is 1.87 bits per heavy atom. The van der Waals surface area contributed by atoms with Crippen molar-refractivity contribution in [1.82, 2.24) is 24.3 Å². The molecule has 8 heteroatoms. The van der Waals surface area contributed by atoms with E-state index in [2.05, 4.69) is 55.7 Å². The lowest BCUT2D eigenvalue weighted by molar-refractivity contribution is -0.0204. The van der Waals surface area contributed by atoms with Crippen LogP contribution in [-0.4, -0.2) is 50.5 Å². The molecular weight excluding hydrogens is 562 g/mol. The van der Waals surface area contributed by atoms with Gasteiger partial charge in [-0.3, -0.25) is 9.59 Å². The van der Waals surface area contributed by atoms with Crippen LogP contribution in [0.15, 0.2) is 54.6 Å². The molecular formula is C37H35N5O3. The zero-order valence-electron chi connectivity index (χ0n) is 25.5. The summed E-state index contributed by atoms with van der Waals surface area (Å²) in [5.41, 5.74) is 8.52. The topological polar surface area (TPSA) is 81.4 Å². The third-order valence-corrected chi connectivity index (χ3v) is 11.6. The van der Waals surface area contributed by atoms with Crippen molar-refractivity contribution in [2.45, 2.75) is 44.8 Å². The van der Waals surface area contributed by atoms with Crippen LogP contribution in [0.1, 0.15) is 52.0 Å². The highest BCUT2D eigenvalue weighted by Crippen LogP contribution is 2.60. The van der Waals surface area contributed by atoms with Gasteiger partial charge in [0.05, 0.1) is 18.3 Å². The molecule has 3 saturated carbocycles. The summed E-state index contributed by atoms with van der Waals surface area (Å²) >= 11 is 0. The van der Waals surface area contributed by atoms with E-state index >= 15 is 0 Å². The molecule has 2 amide bonds. The first-order chi connectivity index (χ1) is 21.9. The minimum atomic E-state index is -0.00123. The summed E-state index contributed by atoms with van der Waals surface area (Å²) in [4.78, 5) is 33.5. The first-order valence-corrected chi connectivity index (χ1v) is 16.4. The second-order valence-corrected chi connectivity index (χ2v) is 14.0. The molecule has 1 saturated heterocycles. The van der Waals surface area contributed by atoms with Crippen LogP contribution >= 0.6 is 0 Å². The summed E-state index contributed by atoms with van der Waals surface area (Å²) in [5, 5.41) is 4.09. The molecule has 4 fully saturated rings. The van der Waals surface area contributed by atoms with Crippen molar-refractivity contribution in [1.29, 1.82) is 0 Å². The molecule has 3 aromatic carbocycles. The van der Waals surface area contributed by atoms with Crippen molar-refractivity contribution < 1.29 is 14.3 Å². The molecule has 4 atom stereocenters. The third-order valence-electron chi connectivity index (χ3n) is 11.6. The number of fused-ring (bicyclic) bond motifs is 3. The largest absolute Gasteiger partial charge is 0.494 e. The van der Waals surface area contributed by atoms with Crippen molar-refractivity contribution in [3.05, 3.63) is 71.3 Å². The lowest BCUT2D eigenvalue weighted by Gasteiger charge is -2.52. The van der Waals surface area contributed by atoms with Crippen molar-refractivity contribution in [2.75, 3.05) is 13.7 Å². The monoisotopic (exact) mass is 597 g/mol. The van der Waals surface area contributed by atoms with Gasteiger partial charge < -0.3 is 24.1 Å². The lowest BCUT2D eigenvalue weighted by Crippen LogP contribution is -2.53. The van der Waals surface area contributed by atoms with Crippen LogP contribution in [0, 0.1) is 23.7 Å². The van der Waals surface area contributed by atoms with Gasteiger partial charge in [0.15, 0.2) is 5.82 Å². The molecule has 45 heavy (non-hydrogen) atoms. The normalized spacial score (nSPS) is 24.4. The number of rotatable bonds is 6. The number of aromatic nitrogens is 3. The molecule has 5 aliphatic rings. The summed E-state index contributed by atoms with van der Waals surface area (Å²) < 4.78 is 10.4. The predicted octanol–water partition coefficient (Wildman–Crippen LogP) is 6.00. The van der Waals surface area contributed by atoms with Gasteiger partial charge in [0.2, 0.25) is 0 Å². The van der Waals surface area contributed by atoms with Crippen LogP contribution in [0.4, 0.5) is 0 Å². The number of methoxy groups -OCH3 is 1. The van der Waals surface area contributed by atoms with Crippen LogP contribution in [0.25, 0.3) is 44.6 Å². The van der Waals surface area contributed by atoms with Crippen LogP contribution in [-0.2, 0) is 20.1 Å². The van der Waals surface area contributed by atoms with E-state index in [1.807, 2.05) is 25.2 Å². The summed E-state index contributed by atoms with van der Waals surface area (Å²) in [7, 11) is 3.72. The van der Waals surface area contributed by atoms with Gasteiger partial charge in [0.1, 0.15) is 11.3 Å². The predicted molar refractivity (Wildman–Crippen MR) is 172 cm³/mol. The minimum Gasteiger partial charge on any atom is -0.494 e. The van der Waals surface area contributed by atoms with Gasteiger partial charge in [-0.1, -0.05) is 24.3 Å². The molecule has 0 bridgehead atoms. The minimum absolute atomic E-state index is 0.00123. The van der Waals surface area contributed by atoms with E-state index < -0.39 is 0 Å². The molecule has 1 N–H and O–H groups in total. The fraction of sp³-hybridized carbons (Fsp3) is 0.378. The molecule has 0 spiro atoms. The Balaban J connectivity index is 1.08. The number of amides is 2. The number of ether oxygens (including phenoxy) is 1. The maximum absolute atomic E-state index is 13.8. The van der Waals surface area contributed by atoms with Crippen molar-refractivity contribution in [2.24, 2.45) is 30.7 Å². The number of imidazole rings is 1. The Kier molecular flexibility index (Phi) is 5.14. The van der Waals surface area contributed by atoms with Crippen LogP contribution < -0.4 is 10.1 Å². The number of aryl methyl sites for hydroxylation is 1. The molecule has 2 aliphatic heterocycles. The quantitative estimate of drug-likeness (QED) is 0.260. The molecule has 3 aliphatic carbocycles. The number of hydrogen-bond acceptors (Lipinski definition) is 4. The molecule has 8 nitrogen and oxygen atoms in total. The number of nitrogens with one attached hydrogen (secondary N) is 1. The van der Waals surface area contributed by atoms with Crippen molar-refractivity contribution in [3.8, 4) is 28.4 Å². The zero-order chi connectivity index (χ0) is 30.1. The van der Waals surface area contributed by atoms with Gasteiger partial charge in [-0.25, -0.2) is 4.98 Å². The average molecular weight is 598 g/mol. The van der Waals surface area contributed by atoms with E-state index in [0.29, 0.717) is 35.7 Å². The van der Waals surface area contributed by atoms with Crippen molar-refractivity contribution in [3.63, 3.8) is 0 Å². The first kappa shape index (κ1) is 25.7. The maximum atomic E-state index is 13.8. The first-order valence-electron chi connectivity index (χ1n) is 16.4. The Morgan fingerprint density at radius 1 is 1.02 bits per heavy atom. The van der Waals surface area contributed by atoms with Gasteiger partial charge in [-0.05, 0) is 96.4 Å². The fourth-order valence-corrected chi connectivity index (χ4v) is 8.95. The highest BCUT2D eigenvalue weighted by Gasteiger charge is 2.61. The summed E-state index contributed by atoms with van der Waals surface area (Å²) in [6.45, 7) is 2.42. The Hall–Kier alpha value is -4.59. The van der Waals surface area contributed by atoms with Crippen LogP contribution in [0.2, 0.25) is 0 Å². The number of benzene rings is 3. The number of hydrogen-bond donors (Lipinski definition) is 1. The highest BCUT2D eigenvalue weighted by molar-refractivity contribution is 6.01. The van der Waals surface area contributed by atoms with Gasteiger partial charge >= 0.3 is 0 Å². The average Bonchev–Trinajstić information content (AvgIpc) is 3.57. The lowest BCUT2D eigenvalue weighted by atomic mass is 9.53. The Labute approximate surface area is 261 Å². The van der Waals surface area contributed by atoms with Gasteiger partial charge in [0, 0.05) is 54.8 Å². The van der Waals surface area contributed by atoms with E-state index in [9.17, 15) is 9.59 Å². The summed E-state index contributed by atoms with van der Waals surface area (Å²) in [5.74, 6) is 4.58. The standard InChI is InChI=1S/C37H35N5O3/c1-40-34-28(11-25(15-32(34)45-2)37(44)42-18-26-9-24-14-30(42)33(24)26)39-35(40)31-13-22-7-5-21(12-29(22)41(31)17-19-3-4-19)20-6-8-23-16-38-36(43)27(23)10-20/h5-8,10-13,15,19,24,26,30,33H,3-4,9,14,16-18H2,1-2H3,(H,38,43)/t24?,26?,30?,33-/m1/s1. The molecule has 0 radical (unpaired) electrons. The second kappa shape index (κ2) is 8.99. The molecule has 5 aromatic rings. The van der Waals surface area contributed by atoms with Crippen LogP contribution in [0.5, 0.6) is 5.75 Å². The third kappa shape index (κ3) is 3.62. The SMILES string of the molecule is COc1cc(C(=O)N2CC3CC4CC2[C@H]43)cc2nc(-c3cc4ccc(-c5ccc6c(c5)C(=O)NC6)cc4n3CC3CC3)n(C)c12. The molecule has 226 valence electrons. The van der Waals surface area contributed by atoms with E-state index in [-0.39, 0.29) is 11.8 Å². The van der Waals surface area contributed by atoms with E-state index in [0.717, 1.165) is 87.1 Å². The summed E-state index contributed by atoms with van der Waals surface area (Å²) in [6.07, 6.45) is 4.92. The van der Waals surface area contributed by atoms with E-state index in [1.165, 1.54) is 19.3 Å². The smallest absolute Gasteiger partial charge is 0.254 e. The number of carbonyl (C=O) groups is 2. The highest BCUT2D eigenvalue weighted by atomic mass is 16.5. The molecule has 10 rings (SSSR count). The molecule has 2 aromatic heterocycles. The summed E-state index contributed by atoms with van der Waals surface area (Å²) in [6, 6.07) is 19.3. The van der Waals surface area contributed by atoms with E-state index in [4.69, 9.17) is 9.72 Å². The van der Waals surface area contributed by atoms with Gasteiger partial charge in [-0.15, -0.1) is 0 Å². The number of carbonyl (C=O) groups excluding carboxylic acids is 2.